The van der Waals surface area contributed by atoms with Gasteiger partial charge in [-0.05, 0) is 37.3 Å². The second-order valence-corrected chi connectivity index (χ2v) is 6.08. The molecule has 0 aromatic heterocycles. The van der Waals surface area contributed by atoms with Crippen LogP contribution in [0.3, 0.4) is 0 Å². The third-order valence-corrected chi connectivity index (χ3v) is 4.05. The molecule has 0 amide bonds. The Bertz CT molecular complexity index is 735. The van der Waals surface area contributed by atoms with Crippen LogP contribution < -0.4 is 5.32 Å². The third kappa shape index (κ3) is 4.74. The molecule has 2 rings (SSSR count). The molecule has 0 aliphatic carbocycles. The molecular weight excluding hydrogens is 360 g/mol. The van der Waals surface area contributed by atoms with Gasteiger partial charge >= 0.3 is 0 Å². The highest BCUT2D eigenvalue weighted by molar-refractivity contribution is 6.37. The summed E-state index contributed by atoms with van der Waals surface area (Å²) in [7, 11) is 1.91. The summed E-state index contributed by atoms with van der Waals surface area (Å²) in [4.78, 5) is 6.20. The van der Waals surface area contributed by atoms with Crippen molar-refractivity contribution in [3.05, 3.63) is 51.2 Å². The molecule has 2 aromatic rings. The molecule has 0 aliphatic rings. The predicted molar refractivity (Wildman–Crippen MR) is 97.6 cm³/mol. The maximum atomic E-state index is 13.5. The van der Waals surface area contributed by atoms with Crippen LogP contribution in [0.25, 0.3) is 0 Å². The van der Waals surface area contributed by atoms with E-state index in [9.17, 15) is 4.39 Å². The summed E-state index contributed by atoms with van der Waals surface area (Å²) >= 11 is 18.1. The van der Waals surface area contributed by atoms with E-state index in [1.54, 1.807) is 24.5 Å². The normalized spacial score (nSPS) is 11.0. The summed E-state index contributed by atoms with van der Waals surface area (Å²) < 4.78 is 13.5. The van der Waals surface area contributed by atoms with E-state index >= 15 is 0 Å². The monoisotopic (exact) mass is 373 g/mol. The van der Waals surface area contributed by atoms with Gasteiger partial charge in [0, 0.05) is 19.3 Å². The van der Waals surface area contributed by atoms with Crippen molar-refractivity contribution in [1.29, 1.82) is 0 Å². The lowest BCUT2D eigenvalue weighted by Crippen LogP contribution is -2.14. The van der Waals surface area contributed by atoms with E-state index in [4.69, 9.17) is 34.8 Å². The molecule has 0 atom stereocenters. The minimum absolute atomic E-state index is 0.0596. The lowest BCUT2D eigenvalue weighted by Gasteiger charge is -2.12. The number of hydrogen-bond donors (Lipinski definition) is 1. The third-order valence-electron chi connectivity index (χ3n) is 3.13. The van der Waals surface area contributed by atoms with Crippen molar-refractivity contribution >= 4 is 58.2 Å². The van der Waals surface area contributed by atoms with Gasteiger partial charge in [-0.2, -0.15) is 0 Å². The van der Waals surface area contributed by atoms with Crippen molar-refractivity contribution in [3.8, 4) is 0 Å². The van der Waals surface area contributed by atoms with Crippen LogP contribution in [0.5, 0.6) is 0 Å². The smallest absolute Gasteiger partial charge is 0.143 e. The summed E-state index contributed by atoms with van der Waals surface area (Å²) in [6, 6.07) is 7.70. The van der Waals surface area contributed by atoms with Crippen molar-refractivity contribution in [2.24, 2.45) is 4.99 Å². The van der Waals surface area contributed by atoms with Crippen molar-refractivity contribution < 1.29 is 4.39 Å². The van der Waals surface area contributed by atoms with E-state index in [-0.39, 0.29) is 5.02 Å². The first kappa shape index (κ1) is 17.9. The zero-order valence-corrected chi connectivity index (χ0v) is 14.8. The average molecular weight is 375 g/mol. The van der Waals surface area contributed by atoms with Crippen LogP contribution in [-0.4, -0.2) is 24.8 Å². The predicted octanol–water partition coefficient (Wildman–Crippen LogP) is 6.14. The summed E-state index contributed by atoms with van der Waals surface area (Å²) in [5, 5.41) is 3.93. The molecule has 0 unspecified atom stereocenters. The van der Waals surface area contributed by atoms with Crippen LogP contribution >= 0.6 is 34.8 Å². The second kappa shape index (κ2) is 7.86. The van der Waals surface area contributed by atoms with Gasteiger partial charge in [-0.15, -0.1) is 0 Å². The number of rotatable bonds is 5. The topological polar surface area (TPSA) is 27.6 Å². The van der Waals surface area contributed by atoms with E-state index in [1.807, 2.05) is 18.9 Å². The number of benzene rings is 2. The fourth-order valence-electron chi connectivity index (χ4n) is 1.70. The van der Waals surface area contributed by atoms with Crippen LogP contribution in [0.4, 0.5) is 21.5 Å². The van der Waals surface area contributed by atoms with Crippen molar-refractivity contribution in [1.82, 2.24) is 4.90 Å². The van der Waals surface area contributed by atoms with Gasteiger partial charge in [0.1, 0.15) is 5.82 Å². The molecule has 23 heavy (non-hydrogen) atoms. The molecule has 0 heterocycles. The van der Waals surface area contributed by atoms with Gasteiger partial charge in [0.15, 0.2) is 0 Å². The molecule has 0 saturated heterocycles. The molecule has 0 fully saturated rings. The molecule has 0 bridgehead atoms. The van der Waals surface area contributed by atoms with E-state index in [2.05, 4.69) is 10.3 Å². The van der Waals surface area contributed by atoms with E-state index < -0.39 is 5.82 Å². The Morgan fingerprint density at radius 3 is 2.52 bits per heavy atom. The van der Waals surface area contributed by atoms with Gasteiger partial charge < -0.3 is 10.2 Å². The molecule has 122 valence electrons. The number of nitrogens with one attached hydrogen (secondary N) is 1. The van der Waals surface area contributed by atoms with Gasteiger partial charge in [0.05, 0.1) is 32.8 Å². The SMILES string of the molecule is CCN(C)/C=N\c1cc(Cl)c(Nc2ccc(Cl)c(F)c2)cc1Cl. The Morgan fingerprint density at radius 2 is 1.87 bits per heavy atom. The molecule has 0 radical (unpaired) electrons. The minimum Gasteiger partial charge on any atom is -0.366 e. The lowest BCUT2D eigenvalue weighted by molar-refractivity contribution is 0.552. The number of anilines is 2. The number of nitrogens with zero attached hydrogens (tertiary/aromatic N) is 2. The van der Waals surface area contributed by atoms with Gasteiger partial charge in [-0.3, -0.25) is 0 Å². The van der Waals surface area contributed by atoms with E-state index in [1.165, 1.54) is 12.1 Å². The van der Waals surface area contributed by atoms with Gasteiger partial charge in [-0.1, -0.05) is 34.8 Å². The summed E-state index contributed by atoms with van der Waals surface area (Å²) in [5.74, 6) is -0.511. The van der Waals surface area contributed by atoms with E-state index in [0.717, 1.165) is 6.54 Å². The largest absolute Gasteiger partial charge is 0.366 e. The number of hydrogen-bond acceptors (Lipinski definition) is 2. The molecule has 0 saturated carbocycles. The minimum atomic E-state index is -0.511. The Labute approximate surface area is 149 Å². The first-order valence-corrected chi connectivity index (χ1v) is 7.99. The number of halogens is 4. The highest BCUT2D eigenvalue weighted by Gasteiger charge is 2.08. The molecule has 0 spiro atoms. The molecule has 3 nitrogen and oxygen atoms in total. The van der Waals surface area contributed by atoms with Crippen LogP contribution in [0.2, 0.25) is 15.1 Å². The maximum absolute atomic E-state index is 13.5. The first-order valence-electron chi connectivity index (χ1n) is 6.86. The van der Waals surface area contributed by atoms with Crippen LogP contribution in [0.1, 0.15) is 6.92 Å². The molecule has 7 heteroatoms. The standard InChI is InChI=1S/C16H15Cl3FN3/c1-3-23(2)9-21-15-7-13(19)16(8-12(15)18)22-10-4-5-11(17)14(20)6-10/h4-9,22H,3H2,1-2H3/b21-9-. The zero-order chi connectivity index (χ0) is 17.0. The van der Waals surface area contributed by atoms with Crippen LogP contribution in [0.15, 0.2) is 35.3 Å². The van der Waals surface area contributed by atoms with Crippen LogP contribution in [-0.2, 0) is 0 Å². The highest BCUT2D eigenvalue weighted by Crippen LogP contribution is 2.36. The second-order valence-electron chi connectivity index (χ2n) is 4.86. The Kier molecular flexibility index (Phi) is 6.10. The molecule has 0 aliphatic heterocycles. The average Bonchev–Trinajstić information content (AvgIpc) is 2.52. The summed E-state index contributed by atoms with van der Waals surface area (Å²) in [6.45, 7) is 2.84. The maximum Gasteiger partial charge on any atom is 0.143 e. The first-order chi connectivity index (χ1) is 10.9. The van der Waals surface area contributed by atoms with Crippen molar-refractivity contribution in [2.45, 2.75) is 6.92 Å². The lowest BCUT2D eigenvalue weighted by atomic mass is 10.2. The van der Waals surface area contributed by atoms with Gasteiger partial charge in [0.2, 0.25) is 0 Å². The molecule has 1 N–H and O–H groups in total. The highest BCUT2D eigenvalue weighted by atomic mass is 35.5. The Hall–Kier alpha value is -1.49. The van der Waals surface area contributed by atoms with Crippen molar-refractivity contribution in [2.75, 3.05) is 18.9 Å². The number of aliphatic imine (C=N–C) groups is 1. The molecular formula is C16H15Cl3FN3. The quantitative estimate of drug-likeness (QED) is 0.502. The Morgan fingerprint density at radius 1 is 1.13 bits per heavy atom. The van der Waals surface area contributed by atoms with Crippen LogP contribution in [0, 0.1) is 5.82 Å². The zero-order valence-electron chi connectivity index (χ0n) is 12.6. The fraction of sp³-hybridized carbons (Fsp3) is 0.188. The molecule has 2 aromatic carbocycles. The summed E-state index contributed by atoms with van der Waals surface area (Å²) in [6.07, 6.45) is 1.68. The van der Waals surface area contributed by atoms with E-state index in [0.29, 0.717) is 27.1 Å². The van der Waals surface area contributed by atoms with Gasteiger partial charge in [-0.25, -0.2) is 9.38 Å². The Balaban J connectivity index is 2.25. The van der Waals surface area contributed by atoms with Crippen molar-refractivity contribution in [3.63, 3.8) is 0 Å². The summed E-state index contributed by atoms with van der Waals surface area (Å²) in [5.41, 5.74) is 1.64. The fourth-order valence-corrected chi connectivity index (χ4v) is 2.24. The van der Waals surface area contributed by atoms with Gasteiger partial charge in [0.25, 0.3) is 0 Å².